The summed E-state index contributed by atoms with van der Waals surface area (Å²) in [6.07, 6.45) is 3.09. The smallest absolute Gasteiger partial charge is 0.287 e. The molecule has 0 saturated heterocycles. The Bertz CT molecular complexity index is 698. The molecule has 0 radical (unpaired) electrons. The summed E-state index contributed by atoms with van der Waals surface area (Å²) in [6.45, 7) is 4.88. The van der Waals surface area contributed by atoms with E-state index in [-0.39, 0.29) is 11.9 Å². The van der Waals surface area contributed by atoms with E-state index in [0.717, 1.165) is 37.6 Å². The molecule has 24 heavy (non-hydrogen) atoms. The van der Waals surface area contributed by atoms with Crippen molar-refractivity contribution in [2.24, 2.45) is 0 Å². The average molecular weight is 344 g/mol. The first-order valence-electron chi connectivity index (χ1n) is 8.33. The van der Waals surface area contributed by atoms with Gasteiger partial charge in [0, 0.05) is 25.7 Å². The second kappa shape index (κ2) is 7.90. The van der Waals surface area contributed by atoms with Crippen molar-refractivity contribution in [1.29, 1.82) is 0 Å². The topological polar surface area (TPSA) is 45.5 Å². The first kappa shape index (κ1) is 17.1. The summed E-state index contributed by atoms with van der Waals surface area (Å²) < 4.78 is 5.58. The van der Waals surface area contributed by atoms with Crippen molar-refractivity contribution < 1.29 is 9.21 Å². The molecule has 0 saturated carbocycles. The predicted molar refractivity (Wildman–Crippen MR) is 98.3 cm³/mol. The number of thioether (sulfide) groups is 1. The lowest BCUT2D eigenvalue weighted by Crippen LogP contribution is -2.43. The van der Waals surface area contributed by atoms with E-state index < -0.39 is 0 Å². The van der Waals surface area contributed by atoms with Crippen LogP contribution in [0.15, 0.2) is 40.8 Å². The van der Waals surface area contributed by atoms with Gasteiger partial charge in [0.25, 0.3) is 5.91 Å². The molecule has 1 unspecified atom stereocenters. The maximum atomic E-state index is 12.3. The van der Waals surface area contributed by atoms with Crippen LogP contribution in [-0.2, 0) is 18.7 Å². The molecule has 2 aromatic rings. The van der Waals surface area contributed by atoms with Crippen molar-refractivity contribution in [3.05, 3.63) is 59.0 Å². The third-order valence-electron chi connectivity index (χ3n) is 4.29. The van der Waals surface area contributed by atoms with E-state index in [0.29, 0.717) is 5.76 Å². The number of nitrogens with zero attached hydrogens (tertiary/aromatic N) is 1. The SMILES string of the molecule is CSCc1ccc(C(=O)NC(C)CN2CCc3ccccc3C2)o1. The number of benzene rings is 1. The van der Waals surface area contributed by atoms with Gasteiger partial charge >= 0.3 is 0 Å². The van der Waals surface area contributed by atoms with Crippen molar-refractivity contribution >= 4 is 17.7 Å². The quantitative estimate of drug-likeness (QED) is 0.873. The Balaban J connectivity index is 1.52. The van der Waals surface area contributed by atoms with Crippen molar-refractivity contribution in [1.82, 2.24) is 10.2 Å². The number of rotatable bonds is 6. The molecular weight excluding hydrogens is 320 g/mol. The number of furan rings is 1. The summed E-state index contributed by atoms with van der Waals surface area (Å²) in [7, 11) is 0. The van der Waals surface area contributed by atoms with Crippen LogP contribution in [0.2, 0.25) is 0 Å². The minimum absolute atomic E-state index is 0.0804. The largest absolute Gasteiger partial charge is 0.455 e. The molecule has 1 aliphatic heterocycles. The second-order valence-electron chi connectivity index (χ2n) is 6.33. The van der Waals surface area contributed by atoms with Crippen LogP contribution in [0.1, 0.15) is 34.4 Å². The van der Waals surface area contributed by atoms with Crippen molar-refractivity contribution in [3.63, 3.8) is 0 Å². The molecule has 0 bridgehead atoms. The van der Waals surface area contributed by atoms with Crippen LogP contribution in [0.25, 0.3) is 0 Å². The molecule has 1 atom stereocenters. The number of hydrogen-bond acceptors (Lipinski definition) is 4. The fraction of sp³-hybridized carbons (Fsp3) is 0.421. The molecule has 1 N–H and O–H groups in total. The fourth-order valence-corrected chi connectivity index (χ4v) is 3.60. The van der Waals surface area contributed by atoms with Crippen molar-refractivity contribution in [3.8, 4) is 0 Å². The van der Waals surface area contributed by atoms with Gasteiger partial charge in [0.2, 0.25) is 0 Å². The Morgan fingerprint density at radius 1 is 1.29 bits per heavy atom. The van der Waals surface area contributed by atoms with E-state index in [2.05, 4.69) is 34.5 Å². The number of nitrogens with one attached hydrogen (secondary N) is 1. The molecule has 3 rings (SSSR count). The van der Waals surface area contributed by atoms with E-state index in [1.54, 1.807) is 17.8 Å². The number of carbonyl (C=O) groups excluding carboxylic acids is 1. The van der Waals surface area contributed by atoms with Gasteiger partial charge in [-0.2, -0.15) is 11.8 Å². The van der Waals surface area contributed by atoms with Gasteiger partial charge in [-0.15, -0.1) is 0 Å². The summed E-state index contributed by atoms with van der Waals surface area (Å²) in [4.78, 5) is 14.7. The van der Waals surface area contributed by atoms with Crippen LogP contribution in [0, 0.1) is 0 Å². The molecule has 0 fully saturated rings. The number of amides is 1. The van der Waals surface area contributed by atoms with Crippen molar-refractivity contribution in [2.75, 3.05) is 19.3 Å². The third-order valence-corrected chi connectivity index (χ3v) is 4.86. The fourth-order valence-electron chi connectivity index (χ4n) is 3.16. The lowest BCUT2D eigenvalue weighted by molar-refractivity contribution is 0.0897. The molecule has 1 aromatic carbocycles. The second-order valence-corrected chi connectivity index (χ2v) is 7.19. The molecule has 1 aromatic heterocycles. The summed E-state index contributed by atoms with van der Waals surface area (Å²) in [5.41, 5.74) is 2.84. The van der Waals surface area contributed by atoms with Crippen LogP contribution < -0.4 is 5.32 Å². The first-order chi connectivity index (χ1) is 11.7. The average Bonchev–Trinajstić information content (AvgIpc) is 3.04. The monoisotopic (exact) mass is 344 g/mol. The number of carbonyl (C=O) groups is 1. The first-order valence-corrected chi connectivity index (χ1v) is 9.72. The van der Waals surface area contributed by atoms with E-state index >= 15 is 0 Å². The summed E-state index contributed by atoms with van der Waals surface area (Å²) >= 11 is 1.68. The molecule has 5 heteroatoms. The lowest BCUT2D eigenvalue weighted by atomic mass is 10.00. The summed E-state index contributed by atoms with van der Waals surface area (Å²) in [5.74, 6) is 1.89. The van der Waals surface area contributed by atoms with Gasteiger partial charge in [-0.1, -0.05) is 24.3 Å². The van der Waals surface area contributed by atoms with Crippen LogP contribution in [0.4, 0.5) is 0 Å². The highest BCUT2D eigenvalue weighted by Crippen LogP contribution is 2.18. The van der Waals surface area contributed by atoms with Gasteiger partial charge in [0.05, 0.1) is 5.75 Å². The van der Waals surface area contributed by atoms with E-state index in [9.17, 15) is 4.79 Å². The number of fused-ring (bicyclic) bond motifs is 1. The van der Waals surface area contributed by atoms with E-state index in [1.807, 2.05) is 19.2 Å². The Hall–Kier alpha value is -1.72. The minimum Gasteiger partial charge on any atom is -0.455 e. The molecule has 1 amide bonds. The minimum atomic E-state index is -0.132. The van der Waals surface area contributed by atoms with Gasteiger partial charge in [-0.05, 0) is 42.9 Å². The molecule has 0 aliphatic carbocycles. The normalized spacial score (nSPS) is 15.8. The molecular formula is C19H24N2O2S. The standard InChI is InChI=1S/C19H24N2O2S/c1-14(20-19(22)18-8-7-17(23-18)13-24-2)11-21-10-9-15-5-3-4-6-16(15)12-21/h3-8,14H,9-13H2,1-2H3,(H,20,22). The van der Waals surface area contributed by atoms with Gasteiger partial charge in [-0.3, -0.25) is 9.69 Å². The Kier molecular flexibility index (Phi) is 5.63. The zero-order valence-electron chi connectivity index (χ0n) is 14.2. The molecule has 2 heterocycles. The van der Waals surface area contributed by atoms with Crippen LogP contribution in [0.5, 0.6) is 0 Å². The van der Waals surface area contributed by atoms with E-state index in [4.69, 9.17) is 4.42 Å². The highest BCUT2D eigenvalue weighted by Gasteiger charge is 2.19. The summed E-state index contributed by atoms with van der Waals surface area (Å²) in [6, 6.07) is 12.3. The lowest BCUT2D eigenvalue weighted by Gasteiger charge is -2.30. The molecule has 0 spiro atoms. The van der Waals surface area contributed by atoms with Gasteiger partial charge in [0.15, 0.2) is 5.76 Å². The van der Waals surface area contributed by atoms with Gasteiger partial charge in [0.1, 0.15) is 5.76 Å². The highest BCUT2D eigenvalue weighted by molar-refractivity contribution is 7.97. The Labute approximate surface area is 147 Å². The molecule has 128 valence electrons. The zero-order valence-corrected chi connectivity index (χ0v) is 15.1. The van der Waals surface area contributed by atoms with Gasteiger partial charge in [-0.25, -0.2) is 0 Å². The Morgan fingerprint density at radius 3 is 2.88 bits per heavy atom. The predicted octanol–water partition coefficient (Wildman–Crippen LogP) is 3.32. The summed E-state index contributed by atoms with van der Waals surface area (Å²) in [5, 5.41) is 3.04. The zero-order chi connectivity index (χ0) is 16.9. The number of hydrogen-bond donors (Lipinski definition) is 1. The maximum Gasteiger partial charge on any atom is 0.287 e. The highest BCUT2D eigenvalue weighted by atomic mass is 32.2. The molecule has 4 nitrogen and oxygen atoms in total. The van der Waals surface area contributed by atoms with E-state index in [1.165, 1.54) is 11.1 Å². The van der Waals surface area contributed by atoms with Gasteiger partial charge < -0.3 is 9.73 Å². The van der Waals surface area contributed by atoms with Crippen LogP contribution >= 0.6 is 11.8 Å². The molecule has 1 aliphatic rings. The van der Waals surface area contributed by atoms with Crippen LogP contribution in [0.3, 0.4) is 0 Å². The maximum absolute atomic E-state index is 12.3. The third kappa shape index (κ3) is 4.22. The Morgan fingerprint density at radius 2 is 2.08 bits per heavy atom. The van der Waals surface area contributed by atoms with Crippen LogP contribution in [-0.4, -0.2) is 36.2 Å². The van der Waals surface area contributed by atoms with Crippen molar-refractivity contribution in [2.45, 2.75) is 31.7 Å².